The molecule has 0 aliphatic rings. The first kappa shape index (κ1) is 35.2. The fraction of sp³-hybridized carbons (Fsp3) is 0. The van der Waals surface area contributed by atoms with E-state index in [1.807, 2.05) is 48.5 Å². The maximum Gasteiger partial charge on any atom is 0.166 e. The van der Waals surface area contributed by atoms with Crippen molar-refractivity contribution >= 4 is 65.6 Å². The summed E-state index contributed by atoms with van der Waals surface area (Å²) in [4.78, 5) is 15.8. The third kappa shape index (κ3) is 5.55. The topological polar surface area (TPSA) is 61.7 Å². The van der Waals surface area contributed by atoms with E-state index in [9.17, 15) is 0 Å². The highest BCUT2D eigenvalue weighted by molar-refractivity contribution is 6.14. The standard InChI is InChI=1S/C57H35N5O/c1-3-16-36(17-4-1)38-30-32-42-40-20-7-11-25-47(40)61(50(42)34-38)39-31-33-43-41-21-8-12-26-48(41)62(51(43)35-39)49-27-13-9-22-44(49)56-58-55(37-18-5-2-6-19-37)59-57(60-56)46-24-15-29-53-54(46)45-23-10-14-28-52(45)63-53/h1-35H. The van der Waals surface area contributed by atoms with Crippen LogP contribution in [0.15, 0.2) is 217 Å². The van der Waals surface area contributed by atoms with E-state index in [1.54, 1.807) is 0 Å². The first-order valence-electron chi connectivity index (χ1n) is 21.2. The normalized spacial score (nSPS) is 11.8. The molecule has 0 saturated carbocycles. The van der Waals surface area contributed by atoms with Crippen molar-refractivity contribution in [2.45, 2.75) is 0 Å². The molecule has 6 nitrogen and oxygen atoms in total. The number of hydrogen-bond donors (Lipinski definition) is 0. The van der Waals surface area contributed by atoms with Crippen LogP contribution in [0.4, 0.5) is 0 Å². The average molecular weight is 806 g/mol. The molecule has 6 heteroatoms. The van der Waals surface area contributed by atoms with Crippen molar-refractivity contribution in [2.24, 2.45) is 0 Å². The Labute approximate surface area is 361 Å². The van der Waals surface area contributed by atoms with Crippen LogP contribution in [0.1, 0.15) is 0 Å². The van der Waals surface area contributed by atoms with Crippen molar-refractivity contribution in [2.75, 3.05) is 0 Å². The molecule has 13 aromatic rings. The van der Waals surface area contributed by atoms with Crippen LogP contribution in [0.3, 0.4) is 0 Å². The molecule has 0 bridgehead atoms. The van der Waals surface area contributed by atoms with Crippen LogP contribution in [0, 0.1) is 0 Å². The quantitative estimate of drug-likeness (QED) is 0.168. The molecule has 0 spiro atoms. The zero-order valence-corrected chi connectivity index (χ0v) is 33.9. The van der Waals surface area contributed by atoms with Crippen molar-refractivity contribution < 1.29 is 4.42 Å². The third-order valence-electron chi connectivity index (χ3n) is 12.4. The minimum absolute atomic E-state index is 0.580. The molecule has 13 rings (SSSR count). The molecule has 4 heterocycles. The molecule has 63 heavy (non-hydrogen) atoms. The molecular formula is C57H35N5O. The van der Waals surface area contributed by atoms with Gasteiger partial charge in [0.15, 0.2) is 17.5 Å². The van der Waals surface area contributed by atoms with Gasteiger partial charge in [-0.15, -0.1) is 0 Å². The smallest absolute Gasteiger partial charge is 0.166 e. The molecule has 0 N–H and O–H groups in total. The fourth-order valence-electron chi connectivity index (χ4n) is 9.57. The molecule has 294 valence electrons. The lowest BCUT2D eigenvalue weighted by Crippen LogP contribution is -2.04. The zero-order valence-electron chi connectivity index (χ0n) is 33.9. The molecule has 9 aromatic carbocycles. The van der Waals surface area contributed by atoms with Crippen LogP contribution in [-0.4, -0.2) is 24.1 Å². The molecular weight excluding hydrogens is 771 g/mol. The second-order valence-corrected chi connectivity index (χ2v) is 16.0. The highest BCUT2D eigenvalue weighted by Crippen LogP contribution is 2.41. The lowest BCUT2D eigenvalue weighted by Gasteiger charge is -2.15. The van der Waals surface area contributed by atoms with Gasteiger partial charge in [0.05, 0.1) is 27.8 Å². The molecule has 0 aliphatic heterocycles. The Morgan fingerprint density at radius 2 is 0.857 bits per heavy atom. The van der Waals surface area contributed by atoms with Gasteiger partial charge in [0.25, 0.3) is 0 Å². The largest absolute Gasteiger partial charge is 0.456 e. The van der Waals surface area contributed by atoms with Crippen molar-refractivity contribution in [3.05, 3.63) is 212 Å². The van der Waals surface area contributed by atoms with E-state index in [4.69, 9.17) is 19.4 Å². The Hall–Kier alpha value is -8.61. The SMILES string of the molecule is c1ccc(-c2ccc3c4ccccc4n(-c4ccc5c6ccccc6n(-c6ccccc6-c6nc(-c7ccccc7)nc(-c7cccc8oc9ccccc9c78)n6)c5c4)c3c2)cc1. The number of nitrogens with zero attached hydrogens (tertiary/aromatic N) is 5. The van der Waals surface area contributed by atoms with Gasteiger partial charge in [0, 0.05) is 54.7 Å². The molecule has 0 amide bonds. The Bertz CT molecular complexity index is 3920. The van der Waals surface area contributed by atoms with E-state index >= 15 is 0 Å². The highest BCUT2D eigenvalue weighted by Gasteiger charge is 2.22. The van der Waals surface area contributed by atoms with Crippen molar-refractivity contribution in [1.29, 1.82) is 0 Å². The molecule has 0 unspecified atom stereocenters. The number of fused-ring (bicyclic) bond motifs is 9. The summed E-state index contributed by atoms with van der Waals surface area (Å²) in [5, 5.41) is 6.77. The van der Waals surface area contributed by atoms with Crippen LogP contribution in [0.5, 0.6) is 0 Å². The summed E-state index contributed by atoms with van der Waals surface area (Å²) in [5.74, 6) is 1.76. The van der Waals surface area contributed by atoms with Gasteiger partial charge in [-0.3, -0.25) is 0 Å². The Balaban J connectivity index is 1.06. The summed E-state index contributed by atoms with van der Waals surface area (Å²) in [5.41, 5.74) is 13.2. The number of furan rings is 1. The number of aromatic nitrogens is 5. The molecule has 4 aromatic heterocycles. The molecule has 0 radical (unpaired) electrons. The summed E-state index contributed by atoms with van der Waals surface area (Å²) in [6.45, 7) is 0. The first-order valence-corrected chi connectivity index (χ1v) is 21.2. The van der Waals surface area contributed by atoms with Crippen molar-refractivity contribution in [3.63, 3.8) is 0 Å². The average Bonchev–Trinajstić information content (AvgIpc) is 4.01. The van der Waals surface area contributed by atoms with E-state index < -0.39 is 0 Å². The Morgan fingerprint density at radius 3 is 1.63 bits per heavy atom. The number of hydrogen-bond acceptors (Lipinski definition) is 4. The van der Waals surface area contributed by atoms with E-state index in [2.05, 4.69) is 173 Å². The van der Waals surface area contributed by atoms with Gasteiger partial charge in [-0.1, -0.05) is 158 Å². The monoisotopic (exact) mass is 805 g/mol. The number of para-hydroxylation sites is 4. The summed E-state index contributed by atoms with van der Waals surface area (Å²) < 4.78 is 11.1. The van der Waals surface area contributed by atoms with Gasteiger partial charge in [-0.2, -0.15) is 0 Å². The second-order valence-electron chi connectivity index (χ2n) is 16.0. The van der Waals surface area contributed by atoms with Gasteiger partial charge in [-0.25, -0.2) is 15.0 Å². The second kappa shape index (κ2) is 14.0. The third-order valence-corrected chi connectivity index (χ3v) is 12.4. The summed E-state index contributed by atoms with van der Waals surface area (Å²) in [6.07, 6.45) is 0. The minimum Gasteiger partial charge on any atom is -0.456 e. The van der Waals surface area contributed by atoms with Crippen LogP contribution >= 0.6 is 0 Å². The molecule has 0 fully saturated rings. The van der Waals surface area contributed by atoms with Gasteiger partial charge >= 0.3 is 0 Å². The summed E-state index contributed by atoms with van der Waals surface area (Å²) >= 11 is 0. The van der Waals surface area contributed by atoms with Gasteiger partial charge in [0.2, 0.25) is 0 Å². The van der Waals surface area contributed by atoms with Crippen LogP contribution in [0.25, 0.3) is 122 Å². The fourth-order valence-corrected chi connectivity index (χ4v) is 9.57. The lowest BCUT2D eigenvalue weighted by atomic mass is 10.0. The molecule has 0 atom stereocenters. The Kier molecular flexibility index (Phi) is 7.80. The van der Waals surface area contributed by atoms with Crippen LogP contribution < -0.4 is 0 Å². The molecule has 0 saturated heterocycles. The number of benzene rings is 9. The summed E-state index contributed by atoms with van der Waals surface area (Å²) in [7, 11) is 0. The van der Waals surface area contributed by atoms with E-state index in [0.29, 0.717) is 17.5 Å². The predicted octanol–water partition coefficient (Wildman–Crippen LogP) is 14.6. The number of rotatable bonds is 6. The maximum atomic E-state index is 6.33. The first-order chi connectivity index (χ1) is 31.2. The molecule has 0 aliphatic carbocycles. The summed E-state index contributed by atoms with van der Waals surface area (Å²) in [6, 6.07) is 74.5. The van der Waals surface area contributed by atoms with Crippen molar-refractivity contribution in [1.82, 2.24) is 24.1 Å². The maximum absolute atomic E-state index is 6.33. The van der Waals surface area contributed by atoms with E-state index in [-0.39, 0.29) is 0 Å². The van der Waals surface area contributed by atoms with E-state index in [1.165, 1.54) is 27.3 Å². The minimum atomic E-state index is 0.580. The highest BCUT2D eigenvalue weighted by atomic mass is 16.3. The lowest BCUT2D eigenvalue weighted by molar-refractivity contribution is 0.669. The van der Waals surface area contributed by atoms with Gasteiger partial charge < -0.3 is 13.6 Å². The van der Waals surface area contributed by atoms with Gasteiger partial charge in [0.1, 0.15) is 11.2 Å². The van der Waals surface area contributed by atoms with Gasteiger partial charge in [-0.05, 0) is 65.7 Å². The predicted molar refractivity (Wildman–Crippen MR) is 258 cm³/mol. The zero-order chi connectivity index (χ0) is 41.4. The Morgan fingerprint density at radius 1 is 0.317 bits per heavy atom. The van der Waals surface area contributed by atoms with E-state index in [0.717, 1.165) is 77.5 Å². The van der Waals surface area contributed by atoms with Crippen LogP contribution in [0.2, 0.25) is 0 Å². The van der Waals surface area contributed by atoms with Crippen LogP contribution in [-0.2, 0) is 0 Å². The van der Waals surface area contributed by atoms with Crippen molar-refractivity contribution in [3.8, 4) is 56.7 Å².